The molecular weight excluding hydrogens is 432 g/mol. The fraction of sp³-hybridized carbons (Fsp3) is 0.529. The minimum atomic E-state index is -2.17. The SMILES string of the molecule is CC(=O)Nc1ccn(C2OC(COC(C)=O)(N=[N+]=[N-])C(OC(C)=O)C2OC(C)=O)c(=O)n1. The van der Waals surface area contributed by atoms with Gasteiger partial charge in [0.25, 0.3) is 0 Å². The zero-order valence-corrected chi connectivity index (χ0v) is 17.5. The normalized spacial score (nSPS) is 24.1. The summed E-state index contributed by atoms with van der Waals surface area (Å²) in [5.41, 5.74) is 5.96. The van der Waals surface area contributed by atoms with Gasteiger partial charge in [0.1, 0.15) is 12.4 Å². The van der Waals surface area contributed by atoms with Crippen molar-refractivity contribution in [2.75, 3.05) is 11.9 Å². The van der Waals surface area contributed by atoms with Crippen molar-refractivity contribution in [2.24, 2.45) is 5.11 Å². The van der Waals surface area contributed by atoms with Gasteiger partial charge >= 0.3 is 23.6 Å². The number of hydrogen-bond acceptors (Lipinski definition) is 11. The van der Waals surface area contributed by atoms with Crippen molar-refractivity contribution in [1.82, 2.24) is 9.55 Å². The number of esters is 3. The van der Waals surface area contributed by atoms with Gasteiger partial charge in [0.05, 0.1) is 0 Å². The number of hydrogen-bond donors (Lipinski definition) is 1. The molecule has 1 aromatic rings. The lowest BCUT2D eigenvalue weighted by atomic mass is 10.0. The van der Waals surface area contributed by atoms with Crippen LogP contribution in [0.1, 0.15) is 33.9 Å². The van der Waals surface area contributed by atoms with Crippen molar-refractivity contribution in [3.8, 4) is 0 Å². The van der Waals surface area contributed by atoms with Gasteiger partial charge in [-0.2, -0.15) is 4.98 Å². The quantitative estimate of drug-likeness (QED) is 0.195. The molecule has 1 fully saturated rings. The highest BCUT2D eigenvalue weighted by atomic mass is 16.7. The summed E-state index contributed by atoms with van der Waals surface area (Å²) in [5, 5.41) is 5.83. The Labute approximate surface area is 180 Å². The van der Waals surface area contributed by atoms with Crippen molar-refractivity contribution >= 4 is 29.6 Å². The first-order valence-corrected chi connectivity index (χ1v) is 9.07. The van der Waals surface area contributed by atoms with Crippen LogP contribution in [0.3, 0.4) is 0 Å². The molecule has 1 amide bonds. The van der Waals surface area contributed by atoms with E-state index in [-0.39, 0.29) is 5.82 Å². The van der Waals surface area contributed by atoms with Crippen LogP contribution < -0.4 is 11.0 Å². The maximum atomic E-state index is 12.6. The number of carbonyl (C=O) groups is 4. The van der Waals surface area contributed by atoms with Crippen molar-refractivity contribution in [1.29, 1.82) is 0 Å². The minimum absolute atomic E-state index is 0.0569. The summed E-state index contributed by atoms with van der Waals surface area (Å²) in [5.74, 6) is -2.99. The van der Waals surface area contributed by atoms with E-state index in [0.717, 1.165) is 25.3 Å². The predicted molar refractivity (Wildman–Crippen MR) is 103 cm³/mol. The summed E-state index contributed by atoms with van der Waals surface area (Å²) in [7, 11) is 0. The van der Waals surface area contributed by atoms with E-state index in [1.807, 2.05) is 0 Å². The zero-order chi connectivity index (χ0) is 24.1. The molecule has 0 aliphatic carbocycles. The number of aromatic nitrogens is 2. The van der Waals surface area contributed by atoms with Crippen molar-refractivity contribution in [3.63, 3.8) is 0 Å². The first-order valence-electron chi connectivity index (χ1n) is 9.07. The lowest BCUT2D eigenvalue weighted by molar-refractivity contribution is -0.176. The highest BCUT2D eigenvalue weighted by molar-refractivity contribution is 5.87. The Hall–Kier alpha value is -3.97. The number of anilines is 1. The number of rotatable bonds is 7. The van der Waals surface area contributed by atoms with E-state index in [1.165, 1.54) is 19.2 Å². The standard InChI is InChI=1S/C17H20N6O9/c1-8(24)19-12-5-6-23(16(28)20-12)15-13(30-10(3)26)14(31-11(4)27)17(32-15,21-22-18)7-29-9(2)25/h5-6,13-15H,7H2,1-4H3,(H,19,20,24,28). The lowest BCUT2D eigenvalue weighted by Gasteiger charge is -2.29. The van der Waals surface area contributed by atoms with Gasteiger partial charge in [-0.25, -0.2) is 4.79 Å². The van der Waals surface area contributed by atoms with Crippen LogP contribution in [0.25, 0.3) is 10.4 Å². The maximum Gasteiger partial charge on any atom is 0.351 e. The largest absolute Gasteiger partial charge is 0.462 e. The summed E-state index contributed by atoms with van der Waals surface area (Å²) in [6, 6.07) is 1.26. The van der Waals surface area contributed by atoms with Gasteiger partial charge in [-0.3, -0.25) is 23.7 Å². The molecule has 15 nitrogen and oxygen atoms in total. The van der Waals surface area contributed by atoms with Crippen LogP contribution in [-0.4, -0.2) is 57.9 Å². The Morgan fingerprint density at radius 1 is 1.22 bits per heavy atom. The number of ether oxygens (including phenoxy) is 4. The molecule has 0 saturated carbocycles. The van der Waals surface area contributed by atoms with Crippen LogP contribution in [-0.2, 0) is 38.1 Å². The van der Waals surface area contributed by atoms with Gasteiger partial charge in [-0.05, 0) is 11.6 Å². The van der Waals surface area contributed by atoms with Crippen LogP contribution in [0.5, 0.6) is 0 Å². The van der Waals surface area contributed by atoms with Crippen LogP contribution >= 0.6 is 0 Å². The fourth-order valence-electron chi connectivity index (χ4n) is 2.98. The Bertz CT molecular complexity index is 1030. The smallest absolute Gasteiger partial charge is 0.351 e. The minimum Gasteiger partial charge on any atom is -0.462 e. The zero-order valence-electron chi connectivity index (χ0n) is 17.5. The number of carbonyl (C=O) groups excluding carboxylic acids is 4. The Balaban J connectivity index is 2.62. The maximum absolute atomic E-state index is 12.6. The van der Waals surface area contributed by atoms with Crippen molar-refractivity contribution < 1.29 is 38.1 Å². The Morgan fingerprint density at radius 2 is 1.88 bits per heavy atom. The molecule has 1 aliphatic rings. The van der Waals surface area contributed by atoms with Gasteiger partial charge in [0.2, 0.25) is 11.6 Å². The number of amides is 1. The second-order valence-corrected chi connectivity index (χ2v) is 6.61. The molecule has 0 aromatic carbocycles. The monoisotopic (exact) mass is 452 g/mol. The van der Waals surface area contributed by atoms with Crippen LogP contribution in [0, 0.1) is 0 Å². The average Bonchev–Trinajstić information content (AvgIpc) is 2.93. The second-order valence-electron chi connectivity index (χ2n) is 6.61. The summed E-state index contributed by atoms with van der Waals surface area (Å²) in [4.78, 5) is 65.0. The van der Waals surface area contributed by atoms with E-state index in [0.29, 0.717) is 0 Å². The molecule has 0 radical (unpaired) electrons. The molecule has 0 bridgehead atoms. The van der Waals surface area contributed by atoms with Crippen molar-refractivity contribution in [2.45, 2.75) is 51.9 Å². The van der Waals surface area contributed by atoms with Crippen molar-refractivity contribution in [3.05, 3.63) is 33.2 Å². The molecule has 1 N–H and O–H groups in total. The lowest BCUT2D eigenvalue weighted by Crippen LogP contribution is -2.49. The molecular formula is C17H20N6O9. The Morgan fingerprint density at radius 3 is 2.38 bits per heavy atom. The van der Waals surface area contributed by atoms with E-state index < -0.39 is 60.3 Å². The van der Waals surface area contributed by atoms with Gasteiger partial charge < -0.3 is 24.3 Å². The number of azide groups is 1. The van der Waals surface area contributed by atoms with Crippen LogP contribution in [0.2, 0.25) is 0 Å². The summed E-state index contributed by atoms with van der Waals surface area (Å²) in [6.07, 6.45) is -3.42. The third kappa shape index (κ3) is 5.59. The third-order valence-corrected chi connectivity index (χ3v) is 4.05. The topological polar surface area (TPSA) is 201 Å². The molecule has 2 rings (SSSR count). The third-order valence-electron chi connectivity index (χ3n) is 4.05. The molecule has 2 heterocycles. The van der Waals surface area contributed by atoms with Gasteiger partial charge in [0.15, 0.2) is 18.4 Å². The average molecular weight is 452 g/mol. The highest BCUT2D eigenvalue weighted by Gasteiger charge is 2.61. The predicted octanol–water partition coefficient (Wildman–Crippen LogP) is 0.164. The molecule has 1 saturated heterocycles. The number of nitrogens with one attached hydrogen (secondary N) is 1. The molecule has 32 heavy (non-hydrogen) atoms. The van der Waals surface area contributed by atoms with E-state index in [1.54, 1.807) is 0 Å². The highest BCUT2D eigenvalue weighted by Crippen LogP contribution is 2.42. The first-order chi connectivity index (χ1) is 15.0. The fourth-order valence-corrected chi connectivity index (χ4v) is 2.98. The summed E-state index contributed by atoms with van der Waals surface area (Å²) < 4.78 is 22.0. The van der Waals surface area contributed by atoms with Crippen LogP contribution in [0.15, 0.2) is 22.2 Å². The number of nitrogens with zero attached hydrogens (tertiary/aromatic N) is 5. The second kappa shape index (κ2) is 9.89. The van der Waals surface area contributed by atoms with Crippen LogP contribution in [0.4, 0.5) is 5.82 Å². The van der Waals surface area contributed by atoms with Gasteiger partial charge in [-0.1, -0.05) is 5.11 Å². The van der Waals surface area contributed by atoms with E-state index >= 15 is 0 Å². The molecule has 4 unspecified atom stereocenters. The first kappa shape index (κ1) is 24.3. The molecule has 0 spiro atoms. The Kier molecular flexibility index (Phi) is 7.51. The molecule has 172 valence electrons. The van der Waals surface area contributed by atoms with Gasteiger partial charge in [0, 0.05) is 38.8 Å². The molecule has 1 aromatic heterocycles. The summed E-state index contributed by atoms with van der Waals surface area (Å²) in [6.45, 7) is 3.68. The molecule has 15 heteroatoms. The van der Waals surface area contributed by atoms with E-state index in [2.05, 4.69) is 20.3 Å². The summed E-state index contributed by atoms with van der Waals surface area (Å²) >= 11 is 0. The molecule has 1 aliphatic heterocycles. The molecule has 4 atom stereocenters. The van der Waals surface area contributed by atoms with Gasteiger partial charge in [-0.15, -0.1) is 0 Å². The van der Waals surface area contributed by atoms with E-state index in [9.17, 15) is 24.0 Å². The van der Waals surface area contributed by atoms with E-state index in [4.69, 9.17) is 24.5 Å².